The summed E-state index contributed by atoms with van der Waals surface area (Å²) in [5, 5.41) is 3.67. The maximum Gasteiger partial charge on any atom is 0.119 e. The summed E-state index contributed by atoms with van der Waals surface area (Å²) in [6.07, 6.45) is 4.60. The smallest absolute Gasteiger partial charge is 0.119 e. The summed E-state index contributed by atoms with van der Waals surface area (Å²) in [5.74, 6) is 1.60. The molecule has 118 valence electrons. The van der Waals surface area contributed by atoms with Crippen LogP contribution in [0.4, 0.5) is 0 Å². The van der Waals surface area contributed by atoms with Crippen LogP contribution in [0.3, 0.4) is 0 Å². The maximum absolute atomic E-state index is 5.61. The maximum atomic E-state index is 5.61. The Morgan fingerprint density at radius 1 is 1.29 bits per heavy atom. The molecule has 3 heteroatoms. The number of hydrogen-bond acceptors (Lipinski definition) is 3. The topological polar surface area (TPSA) is 30.5 Å². The minimum atomic E-state index is 0.592. The van der Waals surface area contributed by atoms with E-state index < -0.39 is 0 Å². The summed E-state index contributed by atoms with van der Waals surface area (Å²) in [7, 11) is 1.73. The normalized spacial score (nSPS) is 17.8. The molecule has 0 radical (unpaired) electrons. The van der Waals surface area contributed by atoms with Crippen LogP contribution in [-0.2, 0) is 17.6 Å². The van der Waals surface area contributed by atoms with E-state index in [4.69, 9.17) is 9.47 Å². The predicted octanol–water partition coefficient (Wildman–Crippen LogP) is 3.20. The molecule has 0 spiro atoms. The summed E-state index contributed by atoms with van der Waals surface area (Å²) in [5.41, 5.74) is 2.92. The Kier molecular flexibility index (Phi) is 6.52. The predicted molar refractivity (Wildman–Crippen MR) is 87.1 cm³/mol. The zero-order chi connectivity index (χ0) is 15.1. The van der Waals surface area contributed by atoms with Gasteiger partial charge in [-0.15, -0.1) is 0 Å². The van der Waals surface area contributed by atoms with Crippen LogP contribution in [0, 0.1) is 5.92 Å². The van der Waals surface area contributed by atoms with Crippen molar-refractivity contribution in [3.63, 3.8) is 0 Å². The van der Waals surface area contributed by atoms with E-state index >= 15 is 0 Å². The van der Waals surface area contributed by atoms with Gasteiger partial charge in [0.15, 0.2) is 0 Å². The molecule has 0 aliphatic heterocycles. The minimum absolute atomic E-state index is 0.592. The summed E-state index contributed by atoms with van der Waals surface area (Å²) in [6, 6.07) is 7.06. The SMILES string of the molecule is COc1ccc2c(c1)CC(NCCCOCC(C)C)CC2. The first-order valence-corrected chi connectivity index (χ1v) is 8.16. The average Bonchev–Trinajstić information content (AvgIpc) is 2.49. The lowest BCUT2D eigenvalue weighted by atomic mass is 9.88. The highest BCUT2D eigenvalue weighted by Gasteiger charge is 2.18. The fourth-order valence-corrected chi connectivity index (χ4v) is 2.83. The summed E-state index contributed by atoms with van der Waals surface area (Å²) in [4.78, 5) is 0. The molecule has 0 bridgehead atoms. The van der Waals surface area contributed by atoms with E-state index in [1.54, 1.807) is 7.11 Å². The van der Waals surface area contributed by atoms with Crippen molar-refractivity contribution >= 4 is 0 Å². The fraction of sp³-hybridized carbons (Fsp3) is 0.667. The lowest BCUT2D eigenvalue weighted by Gasteiger charge is -2.26. The highest BCUT2D eigenvalue weighted by Crippen LogP contribution is 2.25. The molecule has 1 aliphatic rings. The molecular formula is C18H29NO2. The molecule has 0 saturated heterocycles. The Morgan fingerprint density at radius 3 is 2.90 bits per heavy atom. The van der Waals surface area contributed by atoms with E-state index in [-0.39, 0.29) is 0 Å². The molecule has 1 unspecified atom stereocenters. The Bertz CT molecular complexity index is 431. The van der Waals surface area contributed by atoms with Gasteiger partial charge in [0.2, 0.25) is 0 Å². The minimum Gasteiger partial charge on any atom is -0.497 e. The van der Waals surface area contributed by atoms with Crippen LogP contribution in [0.15, 0.2) is 18.2 Å². The first-order chi connectivity index (χ1) is 10.2. The Hall–Kier alpha value is -1.06. The molecule has 0 amide bonds. The van der Waals surface area contributed by atoms with Gasteiger partial charge in [0.25, 0.3) is 0 Å². The van der Waals surface area contributed by atoms with Gasteiger partial charge < -0.3 is 14.8 Å². The van der Waals surface area contributed by atoms with E-state index in [0.29, 0.717) is 12.0 Å². The van der Waals surface area contributed by atoms with Gasteiger partial charge in [-0.2, -0.15) is 0 Å². The summed E-state index contributed by atoms with van der Waals surface area (Å²) < 4.78 is 10.9. The zero-order valence-corrected chi connectivity index (χ0v) is 13.7. The van der Waals surface area contributed by atoms with Crippen molar-refractivity contribution in [2.45, 2.75) is 45.6 Å². The second-order valence-electron chi connectivity index (χ2n) is 6.35. The molecule has 3 nitrogen and oxygen atoms in total. The number of aryl methyl sites for hydroxylation is 1. The second kappa shape index (κ2) is 8.40. The number of benzene rings is 1. The van der Waals surface area contributed by atoms with E-state index in [1.165, 1.54) is 24.0 Å². The standard InChI is InChI=1S/C18H29NO2/c1-14(2)13-21-10-4-9-19-17-7-5-15-6-8-18(20-3)12-16(15)11-17/h6,8,12,14,17,19H,4-5,7,9-11,13H2,1-3H3. The summed E-state index contributed by atoms with van der Waals surface area (Å²) in [6.45, 7) is 7.15. The highest BCUT2D eigenvalue weighted by molar-refractivity contribution is 5.37. The van der Waals surface area contributed by atoms with Crippen LogP contribution in [0.25, 0.3) is 0 Å². The van der Waals surface area contributed by atoms with Gasteiger partial charge >= 0.3 is 0 Å². The number of hydrogen-bond donors (Lipinski definition) is 1. The molecule has 1 N–H and O–H groups in total. The number of ether oxygens (including phenoxy) is 2. The van der Waals surface area contributed by atoms with Gasteiger partial charge in [-0.05, 0) is 61.4 Å². The molecule has 0 fully saturated rings. The number of methoxy groups -OCH3 is 1. The first-order valence-electron chi connectivity index (χ1n) is 8.16. The molecule has 1 aliphatic carbocycles. The van der Waals surface area contributed by atoms with E-state index in [0.717, 1.165) is 38.3 Å². The van der Waals surface area contributed by atoms with Gasteiger partial charge in [-0.3, -0.25) is 0 Å². The van der Waals surface area contributed by atoms with Crippen LogP contribution in [-0.4, -0.2) is 32.9 Å². The van der Waals surface area contributed by atoms with Crippen molar-refractivity contribution in [1.82, 2.24) is 5.32 Å². The third-order valence-electron chi connectivity index (χ3n) is 3.99. The van der Waals surface area contributed by atoms with Gasteiger partial charge in [0, 0.05) is 19.3 Å². The quantitative estimate of drug-likeness (QED) is 0.746. The molecule has 0 heterocycles. The van der Waals surface area contributed by atoms with Crippen LogP contribution in [0.2, 0.25) is 0 Å². The molecule has 0 aromatic heterocycles. The number of rotatable bonds is 8. The Labute approximate surface area is 129 Å². The van der Waals surface area contributed by atoms with Crippen molar-refractivity contribution < 1.29 is 9.47 Å². The molecule has 1 atom stereocenters. The summed E-state index contributed by atoms with van der Waals surface area (Å²) >= 11 is 0. The lowest BCUT2D eigenvalue weighted by molar-refractivity contribution is 0.107. The largest absolute Gasteiger partial charge is 0.497 e. The molecule has 2 rings (SSSR count). The van der Waals surface area contributed by atoms with Gasteiger partial charge in [0.1, 0.15) is 5.75 Å². The van der Waals surface area contributed by atoms with Crippen molar-refractivity contribution in [1.29, 1.82) is 0 Å². The van der Waals surface area contributed by atoms with Crippen LogP contribution in [0.1, 0.15) is 37.8 Å². The fourth-order valence-electron chi connectivity index (χ4n) is 2.83. The van der Waals surface area contributed by atoms with E-state index in [2.05, 4.69) is 37.4 Å². The molecular weight excluding hydrogens is 262 g/mol. The second-order valence-corrected chi connectivity index (χ2v) is 6.35. The number of fused-ring (bicyclic) bond motifs is 1. The molecule has 1 aromatic rings. The monoisotopic (exact) mass is 291 g/mol. The van der Waals surface area contributed by atoms with Gasteiger partial charge in [-0.25, -0.2) is 0 Å². The van der Waals surface area contributed by atoms with E-state index in [9.17, 15) is 0 Å². The molecule has 1 aromatic carbocycles. The van der Waals surface area contributed by atoms with Gasteiger partial charge in [0.05, 0.1) is 7.11 Å². The Morgan fingerprint density at radius 2 is 2.14 bits per heavy atom. The van der Waals surface area contributed by atoms with E-state index in [1.807, 2.05) is 0 Å². The number of nitrogens with one attached hydrogen (secondary N) is 1. The zero-order valence-electron chi connectivity index (χ0n) is 13.7. The molecule has 21 heavy (non-hydrogen) atoms. The Balaban J connectivity index is 1.69. The first kappa shape index (κ1) is 16.3. The van der Waals surface area contributed by atoms with Gasteiger partial charge in [-0.1, -0.05) is 19.9 Å². The average molecular weight is 291 g/mol. The highest BCUT2D eigenvalue weighted by atomic mass is 16.5. The third kappa shape index (κ3) is 5.33. The van der Waals surface area contributed by atoms with Crippen molar-refractivity contribution in [3.8, 4) is 5.75 Å². The van der Waals surface area contributed by atoms with Crippen LogP contribution >= 0.6 is 0 Å². The van der Waals surface area contributed by atoms with Crippen molar-refractivity contribution in [2.75, 3.05) is 26.9 Å². The third-order valence-corrected chi connectivity index (χ3v) is 3.99. The van der Waals surface area contributed by atoms with Crippen molar-refractivity contribution in [3.05, 3.63) is 29.3 Å². The lowest BCUT2D eigenvalue weighted by Crippen LogP contribution is -2.35. The molecule has 0 saturated carbocycles. The van der Waals surface area contributed by atoms with Crippen molar-refractivity contribution in [2.24, 2.45) is 5.92 Å². The van der Waals surface area contributed by atoms with Crippen LogP contribution < -0.4 is 10.1 Å². The van der Waals surface area contributed by atoms with Crippen LogP contribution in [0.5, 0.6) is 5.75 Å².